The molecule has 1 amide bonds. The summed E-state index contributed by atoms with van der Waals surface area (Å²) in [6, 6.07) is 0.515. The highest BCUT2D eigenvalue weighted by Crippen LogP contribution is 2.26. The van der Waals surface area contributed by atoms with E-state index >= 15 is 0 Å². The SMILES string of the molecule is CNC1CCCN(C(=O)C2CCCCC2)C1.Cl. The van der Waals surface area contributed by atoms with Gasteiger partial charge in [0.1, 0.15) is 0 Å². The maximum atomic E-state index is 12.3. The second-order valence-corrected chi connectivity index (χ2v) is 5.25. The van der Waals surface area contributed by atoms with E-state index in [2.05, 4.69) is 10.2 Å². The average Bonchev–Trinajstić information content (AvgIpc) is 2.39. The first-order chi connectivity index (χ1) is 7.81. The molecular weight excluding hydrogens is 236 g/mol. The summed E-state index contributed by atoms with van der Waals surface area (Å²) in [5, 5.41) is 3.30. The van der Waals surface area contributed by atoms with Crippen LogP contribution in [-0.4, -0.2) is 37.0 Å². The standard InChI is InChI=1S/C13H24N2O.ClH/c1-14-12-8-5-9-15(10-12)13(16)11-6-3-2-4-7-11;/h11-12,14H,2-10H2,1H3;1H. The second-order valence-electron chi connectivity index (χ2n) is 5.25. The number of likely N-dealkylation sites (tertiary alicyclic amines) is 1. The molecule has 1 saturated heterocycles. The minimum absolute atomic E-state index is 0. The Morgan fingerprint density at radius 2 is 1.82 bits per heavy atom. The van der Waals surface area contributed by atoms with Crippen LogP contribution in [0.15, 0.2) is 0 Å². The van der Waals surface area contributed by atoms with Crippen molar-refractivity contribution in [3.8, 4) is 0 Å². The number of halogens is 1. The van der Waals surface area contributed by atoms with Gasteiger partial charge in [-0.1, -0.05) is 19.3 Å². The highest BCUT2D eigenvalue weighted by Gasteiger charge is 2.28. The van der Waals surface area contributed by atoms with Crippen molar-refractivity contribution in [2.24, 2.45) is 5.92 Å². The first-order valence-corrected chi connectivity index (χ1v) is 6.77. The van der Waals surface area contributed by atoms with E-state index in [1.165, 1.54) is 25.7 Å². The van der Waals surface area contributed by atoms with Crippen molar-refractivity contribution >= 4 is 18.3 Å². The molecule has 2 aliphatic rings. The van der Waals surface area contributed by atoms with E-state index in [1.54, 1.807) is 0 Å². The molecule has 0 radical (unpaired) electrons. The van der Waals surface area contributed by atoms with Crippen molar-refractivity contribution in [3.05, 3.63) is 0 Å². The number of piperidine rings is 1. The highest BCUT2D eigenvalue weighted by molar-refractivity contribution is 5.85. The molecule has 3 nitrogen and oxygen atoms in total. The lowest BCUT2D eigenvalue weighted by atomic mass is 9.87. The molecule has 0 aromatic heterocycles. The van der Waals surface area contributed by atoms with Crippen molar-refractivity contribution in [3.63, 3.8) is 0 Å². The smallest absolute Gasteiger partial charge is 0.225 e. The van der Waals surface area contributed by atoms with Crippen LogP contribution in [0.2, 0.25) is 0 Å². The Morgan fingerprint density at radius 3 is 2.47 bits per heavy atom. The van der Waals surface area contributed by atoms with Gasteiger partial charge in [-0.15, -0.1) is 12.4 Å². The van der Waals surface area contributed by atoms with Crippen LogP contribution in [0.4, 0.5) is 0 Å². The minimum atomic E-state index is 0. The largest absolute Gasteiger partial charge is 0.341 e. The van der Waals surface area contributed by atoms with Crippen LogP contribution in [0.3, 0.4) is 0 Å². The van der Waals surface area contributed by atoms with E-state index < -0.39 is 0 Å². The Kier molecular flexibility index (Phi) is 6.28. The molecule has 1 aliphatic carbocycles. The third kappa shape index (κ3) is 3.85. The number of rotatable bonds is 2. The number of likely N-dealkylation sites (N-methyl/N-ethyl adjacent to an activating group) is 1. The van der Waals surface area contributed by atoms with Crippen LogP contribution in [0.1, 0.15) is 44.9 Å². The summed E-state index contributed by atoms with van der Waals surface area (Å²) in [5.41, 5.74) is 0. The molecule has 2 rings (SSSR count). The maximum Gasteiger partial charge on any atom is 0.225 e. The number of carbonyl (C=O) groups excluding carboxylic acids is 1. The summed E-state index contributed by atoms with van der Waals surface area (Å²) >= 11 is 0. The van der Waals surface area contributed by atoms with Crippen LogP contribution in [0.25, 0.3) is 0 Å². The fraction of sp³-hybridized carbons (Fsp3) is 0.923. The summed E-state index contributed by atoms with van der Waals surface area (Å²) in [5.74, 6) is 0.768. The van der Waals surface area contributed by atoms with Gasteiger partial charge in [0, 0.05) is 25.0 Å². The molecule has 1 saturated carbocycles. The van der Waals surface area contributed by atoms with Gasteiger partial charge in [-0.2, -0.15) is 0 Å². The molecule has 2 fully saturated rings. The normalized spacial score (nSPS) is 26.4. The van der Waals surface area contributed by atoms with E-state index in [9.17, 15) is 4.79 Å². The van der Waals surface area contributed by atoms with Crippen molar-refractivity contribution < 1.29 is 4.79 Å². The number of nitrogens with one attached hydrogen (secondary N) is 1. The Morgan fingerprint density at radius 1 is 1.12 bits per heavy atom. The predicted molar refractivity (Wildman–Crippen MR) is 72.5 cm³/mol. The molecule has 1 atom stereocenters. The van der Waals surface area contributed by atoms with Gasteiger partial charge < -0.3 is 10.2 Å². The summed E-state index contributed by atoms with van der Waals surface area (Å²) in [4.78, 5) is 14.4. The Bertz CT molecular complexity index is 242. The average molecular weight is 261 g/mol. The molecule has 0 spiro atoms. The van der Waals surface area contributed by atoms with Gasteiger partial charge in [-0.3, -0.25) is 4.79 Å². The Hall–Kier alpha value is -0.280. The molecule has 1 aliphatic heterocycles. The molecule has 17 heavy (non-hydrogen) atoms. The van der Waals surface area contributed by atoms with Gasteiger partial charge in [0.25, 0.3) is 0 Å². The minimum Gasteiger partial charge on any atom is -0.341 e. The Balaban J connectivity index is 0.00000144. The zero-order valence-corrected chi connectivity index (χ0v) is 11.6. The van der Waals surface area contributed by atoms with E-state index in [4.69, 9.17) is 0 Å². The molecule has 1 unspecified atom stereocenters. The Labute approximate surface area is 111 Å². The monoisotopic (exact) mass is 260 g/mol. The predicted octanol–water partition coefficient (Wildman–Crippen LogP) is 2.20. The van der Waals surface area contributed by atoms with Gasteiger partial charge in [-0.25, -0.2) is 0 Å². The summed E-state index contributed by atoms with van der Waals surface area (Å²) < 4.78 is 0. The second kappa shape index (κ2) is 7.22. The van der Waals surface area contributed by atoms with E-state index in [1.807, 2.05) is 7.05 Å². The van der Waals surface area contributed by atoms with Crippen molar-refractivity contribution in [1.82, 2.24) is 10.2 Å². The molecule has 0 bridgehead atoms. The topological polar surface area (TPSA) is 32.3 Å². The molecule has 0 aromatic carbocycles. The molecule has 4 heteroatoms. The number of nitrogens with zero attached hydrogens (tertiary/aromatic N) is 1. The van der Waals surface area contributed by atoms with Crippen molar-refractivity contribution in [2.45, 2.75) is 51.0 Å². The van der Waals surface area contributed by atoms with Crippen LogP contribution < -0.4 is 5.32 Å². The van der Waals surface area contributed by atoms with E-state index in [0.717, 1.165) is 32.4 Å². The third-order valence-electron chi connectivity index (χ3n) is 4.10. The number of carbonyl (C=O) groups is 1. The van der Waals surface area contributed by atoms with Gasteiger partial charge in [0.05, 0.1) is 0 Å². The van der Waals surface area contributed by atoms with Gasteiger partial charge in [0.2, 0.25) is 5.91 Å². The first-order valence-electron chi connectivity index (χ1n) is 6.77. The van der Waals surface area contributed by atoms with Crippen molar-refractivity contribution in [1.29, 1.82) is 0 Å². The lowest BCUT2D eigenvalue weighted by Gasteiger charge is -2.35. The molecule has 1 N–H and O–H groups in total. The van der Waals surface area contributed by atoms with Gasteiger partial charge in [-0.05, 0) is 32.7 Å². The number of hydrogen-bond acceptors (Lipinski definition) is 2. The fourth-order valence-electron chi connectivity index (χ4n) is 3.02. The summed E-state index contributed by atoms with van der Waals surface area (Å²) in [6.07, 6.45) is 8.44. The quantitative estimate of drug-likeness (QED) is 0.826. The first kappa shape index (κ1) is 14.8. The summed E-state index contributed by atoms with van der Waals surface area (Å²) in [7, 11) is 2.00. The zero-order valence-electron chi connectivity index (χ0n) is 10.8. The zero-order chi connectivity index (χ0) is 11.4. The fourth-order valence-corrected chi connectivity index (χ4v) is 3.02. The van der Waals surface area contributed by atoms with Gasteiger partial charge >= 0.3 is 0 Å². The summed E-state index contributed by atoms with van der Waals surface area (Å²) in [6.45, 7) is 1.90. The molecule has 0 aromatic rings. The van der Waals surface area contributed by atoms with Crippen LogP contribution in [-0.2, 0) is 4.79 Å². The molecular formula is C13H25ClN2O. The van der Waals surface area contributed by atoms with Crippen molar-refractivity contribution in [2.75, 3.05) is 20.1 Å². The highest BCUT2D eigenvalue weighted by atomic mass is 35.5. The van der Waals surface area contributed by atoms with Crippen LogP contribution in [0, 0.1) is 5.92 Å². The third-order valence-corrected chi connectivity index (χ3v) is 4.10. The number of amides is 1. The molecule has 100 valence electrons. The van der Waals surface area contributed by atoms with E-state index in [0.29, 0.717) is 17.9 Å². The van der Waals surface area contributed by atoms with Crippen LogP contribution in [0.5, 0.6) is 0 Å². The van der Waals surface area contributed by atoms with Crippen LogP contribution >= 0.6 is 12.4 Å². The lowest BCUT2D eigenvalue weighted by molar-refractivity contribution is -0.137. The lowest BCUT2D eigenvalue weighted by Crippen LogP contribution is -2.49. The molecule has 1 heterocycles. The number of hydrogen-bond donors (Lipinski definition) is 1. The van der Waals surface area contributed by atoms with Gasteiger partial charge in [0.15, 0.2) is 0 Å². The maximum absolute atomic E-state index is 12.3. The van der Waals surface area contributed by atoms with E-state index in [-0.39, 0.29) is 12.4 Å².